The molecule has 1 atom stereocenters. The second-order valence-corrected chi connectivity index (χ2v) is 6.86. The highest BCUT2D eigenvalue weighted by Gasteiger charge is 2.26. The van der Waals surface area contributed by atoms with E-state index < -0.39 is 5.82 Å². The van der Waals surface area contributed by atoms with E-state index in [0.29, 0.717) is 36.7 Å². The van der Waals surface area contributed by atoms with Gasteiger partial charge in [0.2, 0.25) is 0 Å². The Balaban J connectivity index is 1.52. The molecule has 1 aliphatic rings. The standard InChI is InChI=1S/C18H19FN6O2/c1-11-20-16-15(17(26)21-11)22-23-25(16)10-12-4-3-7-24(9-12)18(27)13-5-2-6-14(19)8-13/h2,5-6,8,12H,3-4,7,9-10H2,1H3,(H,20,21,26)/t12-/m1/s1. The van der Waals surface area contributed by atoms with Crippen LogP contribution in [0.4, 0.5) is 4.39 Å². The predicted molar refractivity (Wildman–Crippen MR) is 95.7 cm³/mol. The van der Waals surface area contributed by atoms with E-state index >= 15 is 0 Å². The third kappa shape index (κ3) is 3.44. The normalized spacial score (nSPS) is 17.4. The molecule has 1 amide bonds. The fraction of sp³-hybridized carbons (Fsp3) is 0.389. The Morgan fingerprint density at radius 1 is 1.41 bits per heavy atom. The molecular formula is C18H19FN6O2. The number of nitrogens with zero attached hydrogens (tertiary/aromatic N) is 5. The number of carbonyl (C=O) groups is 1. The van der Waals surface area contributed by atoms with Gasteiger partial charge in [0.25, 0.3) is 11.5 Å². The number of aromatic amines is 1. The van der Waals surface area contributed by atoms with E-state index in [0.717, 1.165) is 12.8 Å². The van der Waals surface area contributed by atoms with E-state index in [2.05, 4.69) is 20.3 Å². The number of fused-ring (bicyclic) bond motifs is 1. The lowest BCUT2D eigenvalue weighted by molar-refractivity contribution is 0.0659. The maximum Gasteiger partial charge on any atom is 0.281 e. The van der Waals surface area contributed by atoms with Crippen molar-refractivity contribution in [3.05, 3.63) is 51.8 Å². The Labute approximate surface area is 154 Å². The van der Waals surface area contributed by atoms with Crippen LogP contribution in [-0.4, -0.2) is 48.9 Å². The van der Waals surface area contributed by atoms with Crippen molar-refractivity contribution < 1.29 is 9.18 Å². The number of aromatic nitrogens is 5. The van der Waals surface area contributed by atoms with Crippen molar-refractivity contribution in [2.45, 2.75) is 26.3 Å². The van der Waals surface area contributed by atoms with Gasteiger partial charge in [-0.25, -0.2) is 14.1 Å². The van der Waals surface area contributed by atoms with Gasteiger partial charge in [-0.1, -0.05) is 11.3 Å². The molecule has 0 spiro atoms. The molecule has 140 valence electrons. The van der Waals surface area contributed by atoms with E-state index in [1.807, 2.05) is 0 Å². The molecule has 0 saturated carbocycles. The maximum atomic E-state index is 13.4. The third-order valence-corrected chi connectivity index (χ3v) is 4.80. The first kappa shape index (κ1) is 17.3. The minimum Gasteiger partial charge on any atom is -0.338 e. The van der Waals surface area contributed by atoms with E-state index in [4.69, 9.17) is 0 Å². The van der Waals surface area contributed by atoms with Crippen molar-refractivity contribution >= 4 is 17.1 Å². The number of hydrogen-bond donors (Lipinski definition) is 1. The van der Waals surface area contributed by atoms with Crippen LogP contribution in [0.15, 0.2) is 29.1 Å². The van der Waals surface area contributed by atoms with E-state index in [9.17, 15) is 14.0 Å². The lowest BCUT2D eigenvalue weighted by Gasteiger charge is -2.32. The highest BCUT2D eigenvalue weighted by atomic mass is 19.1. The van der Waals surface area contributed by atoms with Gasteiger partial charge in [0.1, 0.15) is 11.6 Å². The summed E-state index contributed by atoms with van der Waals surface area (Å²) in [4.78, 5) is 33.3. The Kier molecular flexibility index (Phi) is 4.43. The zero-order chi connectivity index (χ0) is 19.0. The zero-order valence-corrected chi connectivity index (χ0v) is 14.9. The second-order valence-electron chi connectivity index (χ2n) is 6.86. The highest BCUT2D eigenvalue weighted by molar-refractivity contribution is 5.94. The summed E-state index contributed by atoms with van der Waals surface area (Å²) in [5.74, 6) is 0.0633. The summed E-state index contributed by atoms with van der Waals surface area (Å²) >= 11 is 0. The van der Waals surface area contributed by atoms with Gasteiger partial charge in [0.15, 0.2) is 11.2 Å². The lowest BCUT2D eigenvalue weighted by atomic mass is 9.97. The van der Waals surface area contributed by atoms with Crippen LogP contribution in [-0.2, 0) is 6.54 Å². The Morgan fingerprint density at radius 3 is 3.07 bits per heavy atom. The molecule has 27 heavy (non-hydrogen) atoms. The van der Waals surface area contributed by atoms with Crippen molar-refractivity contribution in [1.82, 2.24) is 29.9 Å². The average Bonchev–Trinajstić information content (AvgIpc) is 3.04. The van der Waals surface area contributed by atoms with Crippen molar-refractivity contribution in [3.8, 4) is 0 Å². The molecule has 1 fully saturated rings. The Bertz CT molecular complexity index is 1060. The van der Waals surface area contributed by atoms with Crippen LogP contribution in [0.1, 0.15) is 29.0 Å². The molecule has 9 heteroatoms. The molecule has 1 N–H and O–H groups in total. The highest BCUT2D eigenvalue weighted by Crippen LogP contribution is 2.21. The number of benzene rings is 1. The van der Waals surface area contributed by atoms with Crippen molar-refractivity contribution in [3.63, 3.8) is 0 Å². The van der Waals surface area contributed by atoms with Crippen molar-refractivity contribution in [2.24, 2.45) is 5.92 Å². The number of likely N-dealkylation sites (tertiary alicyclic amines) is 1. The number of hydrogen-bond acceptors (Lipinski definition) is 5. The van der Waals surface area contributed by atoms with Gasteiger partial charge in [-0.15, -0.1) is 5.10 Å². The number of rotatable bonds is 3. The molecule has 0 aliphatic carbocycles. The fourth-order valence-electron chi connectivity index (χ4n) is 3.55. The van der Waals surface area contributed by atoms with Crippen LogP contribution in [0.25, 0.3) is 11.2 Å². The molecule has 0 unspecified atom stereocenters. The molecule has 0 radical (unpaired) electrons. The van der Waals surface area contributed by atoms with Crippen LogP contribution in [0.5, 0.6) is 0 Å². The summed E-state index contributed by atoms with van der Waals surface area (Å²) in [7, 11) is 0. The third-order valence-electron chi connectivity index (χ3n) is 4.80. The Morgan fingerprint density at radius 2 is 2.26 bits per heavy atom. The predicted octanol–water partition coefficient (Wildman–Crippen LogP) is 1.51. The number of carbonyl (C=O) groups excluding carboxylic acids is 1. The number of piperidine rings is 1. The van der Waals surface area contributed by atoms with Gasteiger partial charge in [-0.05, 0) is 43.9 Å². The lowest BCUT2D eigenvalue weighted by Crippen LogP contribution is -2.41. The van der Waals surface area contributed by atoms with E-state index in [1.54, 1.807) is 22.6 Å². The van der Waals surface area contributed by atoms with Gasteiger partial charge in [-0.3, -0.25) is 9.59 Å². The summed E-state index contributed by atoms with van der Waals surface area (Å²) in [5.41, 5.74) is 0.704. The first-order chi connectivity index (χ1) is 13.0. The van der Waals surface area contributed by atoms with Gasteiger partial charge in [0.05, 0.1) is 0 Å². The van der Waals surface area contributed by atoms with Crippen molar-refractivity contribution in [1.29, 1.82) is 0 Å². The molecule has 3 heterocycles. The Hall–Kier alpha value is -3.10. The van der Waals surface area contributed by atoms with Gasteiger partial charge < -0.3 is 9.88 Å². The average molecular weight is 370 g/mol. The molecule has 8 nitrogen and oxygen atoms in total. The quantitative estimate of drug-likeness (QED) is 0.754. The molecule has 3 aromatic rings. The maximum absolute atomic E-state index is 13.4. The summed E-state index contributed by atoms with van der Waals surface area (Å²) < 4.78 is 15.0. The number of amides is 1. The minimum absolute atomic E-state index is 0.155. The first-order valence-electron chi connectivity index (χ1n) is 8.86. The van der Waals surface area contributed by atoms with E-state index in [1.165, 1.54) is 18.2 Å². The number of nitrogens with one attached hydrogen (secondary N) is 1. The molecule has 1 aliphatic heterocycles. The first-order valence-corrected chi connectivity index (χ1v) is 8.86. The molecule has 1 saturated heterocycles. The van der Waals surface area contributed by atoms with Crippen LogP contribution in [0, 0.1) is 18.7 Å². The topological polar surface area (TPSA) is 96.8 Å². The van der Waals surface area contributed by atoms with Crippen molar-refractivity contribution in [2.75, 3.05) is 13.1 Å². The largest absolute Gasteiger partial charge is 0.338 e. The summed E-state index contributed by atoms with van der Waals surface area (Å²) in [6.07, 6.45) is 1.78. The summed E-state index contributed by atoms with van der Waals surface area (Å²) in [6.45, 7) is 3.40. The smallest absolute Gasteiger partial charge is 0.281 e. The van der Waals surface area contributed by atoms with Crippen LogP contribution in [0.2, 0.25) is 0 Å². The van der Waals surface area contributed by atoms with Crippen LogP contribution in [0.3, 0.4) is 0 Å². The summed E-state index contributed by atoms with van der Waals surface area (Å²) in [5, 5.41) is 7.98. The number of halogens is 1. The fourth-order valence-corrected chi connectivity index (χ4v) is 3.55. The van der Waals surface area contributed by atoms with Gasteiger partial charge in [-0.2, -0.15) is 0 Å². The van der Waals surface area contributed by atoms with Crippen LogP contribution >= 0.6 is 0 Å². The molecule has 4 rings (SSSR count). The zero-order valence-electron chi connectivity index (χ0n) is 14.9. The van der Waals surface area contributed by atoms with Gasteiger partial charge in [0, 0.05) is 25.2 Å². The van der Waals surface area contributed by atoms with Gasteiger partial charge >= 0.3 is 0 Å². The summed E-state index contributed by atoms with van der Waals surface area (Å²) in [6, 6.07) is 5.74. The number of H-pyrrole nitrogens is 1. The van der Waals surface area contributed by atoms with E-state index in [-0.39, 0.29) is 22.9 Å². The number of aryl methyl sites for hydroxylation is 1. The molecule has 2 aromatic heterocycles. The minimum atomic E-state index is -0.421. The molecule has 1 aromatic carbocycles. The second kappa shape index (κ2) is 6.90. The molecular weight excluding hydrogens is 351 g/mol. The monoisotopic (exact) mass is 370 g/mol. The molecule has 0 bridgehead atoms. The van der Waals surface area contributed by atoms with Crippen LogP contribution < -0.4 is 5.56 Å². The SMILES string of the molecule is Cc1nc2c(nnn2C[C@@H]2CCCN(C(=O)c3cccc(F)c3)C2)c(=O)[nH]1.